The largest absolute Gasteiger partial charge is 0.348 e. The summed E-state index contributed by atoms with van der Waals surface area (Å²) in [6, 6.07) is 20.3. The molecule has 0 bridgehead atoms. The van der Waals surface area contributed by atoms with Crippen molar-refractivity contribution < 1.29 is 13.2 Å². The first-order valence-electron chi connectivity index (χ1n) is 9.89. The number of amides is 1. The Kier molecular flexibility index (Phi) is 7.03. The van der Waals surface area contributed by atoms with Gasteiger partial charge in [0, 0.05) is 0 Å². The van der Waals surface area contributed by atoms with Crippen molar-refractivity contribution in [3.8, 4) is 0 Å². The Bertz CT molecular complexity index is 1180. The Morgan fingerprint density at radius 3 is 2.26 bits per heavy atom. The molecular weight excluding hydrogens is 432 g/mol. The van der Waals surface area contributed by atoms with E-state index in [2.05, 4.69) is 5.32 Å². The zero-order valence-corrected chi connectivity index (χ0v) is 19.2. The van der Waals surface area contributed by atoms with Gasteiger partial charge < -0.3 is 5.32 Å². The Labute approximate surface area is 188 Å². The molecule has 0 aliphatic rings. The van der Waals surface area contributed by atoms with Gasteiger partial charge in [-0.3, -0.25) is 9.10 Å². The van der Waals surface area contributed by atoms with Gasteiger partial charge in [0.05, 0.1) is 21.6 Å². The van der Waals surface area contributed by atoms with E-state index in [9.17, 15) is 13.2 Å². The van der Waals surface area contributed by atoms with Crippen LogP contribution in [0.1, 0.15) is 29.7 Å². The number of halogens is 1. The molecule has 5 nitrogen and oxygen atoms in total. The lowest BCUT2D eigenvalue weighted by Crippen LogP contribution is -2.41. The molecule has 3 aromatic carbocycles. The van der Waals surface area contributed by atoms with E-state index in [0.29, 0.717) is 0 Å². The Hall–Kier alpha value is -2.83. The molecule has 0 heterocycles. The molecule has 0 spiro atoms. The third-order valence-corrected chi connectivity index (χ3v) is 7.24. The molecule has 1 unspecified atom stereocenters. The molecule has 0 saturated carbocycles. The monoisotopic (exact) mass is 456 g/mol. The van der Waals surface area contributed by atoms with Crippen LogP contribution in [-0.4, -0.2) is 20.9 Å². The highest BCUT2D eigenvalue weighted by atomic mass is 35.5. The van der Waals surface area contributed by atoms with Gasteiger partial charge in [-0.15, -0.1) is 0 Å². The van der Waals surface area contributed by atoms with E-state index in [1.807, 2.05) is 39.0 Å². The van der Waals surface area contributed by atoms with Crippen LogP contribution in [0.15, 0.2) is 77.7 Å². The van der Waals surface area contributed by atoms with Crippen molar-refractivity contribution in [3.05, 3.63) is 94.5 Å². The van der Waals surface area contributed by atoms with Crippen LogP contribution in [0.2, 0.25) is 5.02 Å². The van der Waals surface area contributed by atoms with Gasteiger partial charge in [-0.25, -0.2) is 8.42 Å². The first kappa shape index (κ1) is 22.8. The summed E-state index contributed by atoms with van der Waals surface area (Å²) < 4.78 is 27.7. The van der Waals surface area contributed by atoms with Gasteiger partial charge in [0.15, 0.2) is 0 Å². The summed E-state index contributed by atoms with van der Waals surface area (Å²) in [6.07, 6.45) is 0. The fourth-order valence-corrected chi connectivity index (χ4v) is 4.96. The van der Waals surface area contributed by atoms with Crippen molar-refractivity contribution in [2.45, 2.75) is 31.7 Å². The lowest BCUT2D eigenvalue weighted by atomic mass is 10.0. The molecule has 0 aliphatic carbocycles. The zero-order chi connectivity index (χ0) is 22.6. The van der Waals surface area contributed by atoms with Crippen LogP contribution >= 0.6 is 11.6 Å². The van der Waals surface area contributed by atoms with Crippen molar-refractivity contribution in [2.75, 3.05) is 10.8 Å². The van der Waals surface area contributed by atoms with Gasteiger partial charge >= 0.3 is 0 Å². The highest BCUT2D eigenvalue weighted by molar-refractivity contribution is 7.92. The van der Waals surface area contributed by atoms with E-state index in [0.717, 1.165) is 15.4 Å². The lowest BCUT2D eigenvalue weighted by molar-refractivity contribution is -0.120. The second kappa shape index (κ2) is 9.54. The van der Waals surface area contributed by atoms with Gasteiger partial charge in [0.1, 0.15) is 6.54 Å². The van der Waals surface area contributed by atoms with Gasteiger partial charge in [-0.1, -0.05) is 60.1 Å². The number of rotatable bonds is 7. The number of aryl methyl sites for hydroxylation is 2. The number of anilines is 1. The minimum Gasteiger partial charge on any atom is -0.348 e. The fraction of sp³-hybridized carbons (Fsp3) is 0.208. The molecule has 1 atom stereocenters. The van der Waals surface area contributed by atoms with Crippen molar-refractivity contribution in [3.63, 3.8) is 0 Å². The van der Waals surface area contributed by atoms with Crippen LogP contribution in [0.4, 0.5) is 5.69 Å². The Morgan fingerprint density at radius 1 is 0.968 bits per heavy atom. The third kappa shape index (κ3) is 5.27. The number of para-hydroxylation sites is 1. The number of nitrogens with zero attached hydrogens (tertiary/aromatic N) is 1. The topological polar surface area (TPSA) is 66.5 Å². The van der Waals surface area contributed by atoms with Crippen molar-refractivity contribution in [1.82, 2.24) is 5.32 Å². The molecule has 31 heavy (non-hydrogen) atoms. The summed E-state index contributed by atoms with van der Waals surface area (Å²) in [6.45, 7) is 5.51. The van der Waals surface area contributed by atoms with Crippen LogP contribution in [-0.2, 0) is 14.8 Å². The average Bonchev–Trinajstić information content (AvgIpc) is 2.75. The molecule has 0 fully saturated rings. The number of benzene rings is 3. The summed E-state index contributed by atoms with van der Waals surface area (Å²) >= 11 is 6.29. The summed E-state index contributed by atoms with van der Waals surface area (Å²) in [5, 5.41) is 3.15. The Balaban J connectivity index is 1.89. The standard InChI is InChI=1S/C24H25ClN2O3S/c1-17-13-14-20(15-18(17)2)19(3)26-24(28)16-27(23-12-8-7-11-22(23)25)31(29,30)21-9-5-4-6-10-21/h4-15,19H,16H2,1-3H3,(H,26,28). The van der Waals surface area contributed by atoms with Gasteiger partial charge in [-0.05, 0) is 61.7 Å². The van der Waals surface area contributed by atoms with E-state index in [1.54, 1.807) is 42.5 Å². The maximum Gasteiger partial charge on any atom is 0.264 e. The van der Waals surface area contributed by atoms with Crippen molar-refractivity contribution >= 4 is 33.2 Å². The first-order chi connectivity index (χ1) is 14.7. The van der Waals surface area contributed by atoms with Crippen molar-refractivity contribution in [2.24, 2.45) is 0 Å². The van der Waals surface area contributed by atoms with E-state index >= 15 is 0 Å². The van der Waals surface area contributed by atoms with Crippen LogP contribution in [0.25, 0.3) is 0 Å². The molecule has 1 N–H and O–H groups in total. The normalized spacial score (nSPS) is 12.3. The molecule has 0 radical (unpaired) electrons. The average molecular weight is 457 g/mol. The number of carbonyl (C=O) groups is 1. The SMILES string of the molecule is Cc1ccc(C(C)NC(=O)CN(c2ccccc2Cl)S(=O)(=O)c2ccccc2)cc1C. The van der Waals surface area contributed by atoms with Crippen LogP contribution in [0, 0.1) is 13.8 Å². The summed E-state index contributed by atoms with van der Waals surface area (Å²) in [5.74, 6) is -0.426. The predicted octanol–water partition coefficient (Wildman–Crippen LogP) is 5.03. The van der Waals surface area contributed by atoms with Crippen LogP contribution in [0.5, 0.6) is 0 Å². The lowest BCUT2D eigenvalue weighted by Gasteiger charge is -2.26. The molecular formula is C24H25ClN2O3S. The summed E-state index contributed by atoms with van der Waals surface area (Å²) in [7, 11) is -4.00. The highest BCUT2D eigenvalue weighted by Gasteiger charge is 2.29. The number of hydrogen-bond donors (Lipinski definition) is 1. The number of carbonyl (C=O) groups excluding carboxylic acids is 1. The fourth-order valence-electron chi connectivity index (χ4n) is 3.21. The quantitative estimate of drug-likeness (QED) is 0.542. The van der Waals surface area contributed by atoms with Crippen LogP contribution < -0.4 is 9.62 Å². The van der Waals surface area contributed by atoms with Gasteiger partial charge in [-0.2, -0.15) is 0 Å². The predicted molar refractivity (Wildman–Crippen MR) is 125 cm³/mol. The minimum atomic E-state index is -4.00. The molecule has 0 saturated heterocycles. The van der Waals surface area contributed by atoms with E-state index < -0.39 is 22.5 Å². The second-order valence-electron chi connectivity index (χ2n) is 7.41. The van der Waals surface area contributed by atoms with E-state index in [-0.39, 0.29) is 21.6 Å². The first-order valence-corrected chi connectivity index (χ1v) is 11.7. The zero-order valence-electron chi connectivity index (χ0n) is 17.7. The van der Waals surface area contributed by atoms with Crippen molar-refractivity contribution in [1.29, 1.82) is 0 Å². The molecule has 7 heteroatoms. The number of sulfonamides is 1. The van der Waals surface area contributed by atoms with E-state index in [4.69, 9.17) is 11.6 Å². The van der Waals surface area contributed by atoms with Gasteiger partial charge in [0.25, 0.3) is 10.0 Å². The third-order valence-electron chi connectivity index (χ3n) is 5.15. The minimum absolute atomic E-state index is 0.0879. The maximum atomic E-state index is 13.3. The molecule has 0 aliphatic heterocycles. The molecule has 1 amide bonds. The Morgan fingerprint density at radius 2 is 1.61 bits per heavy atom. The summed E-state index contributed by atoms with van der Waals surface area (Å²) in [5.41, 5.74) is 3.50. The highest BCUT2D eigenvalue weighted by Crippen LogP contribution is 2.30. The molecule has 3 aromatic rings. The van der Waals surface area contributed by atoms with E-state index in [1.165, 1.54) is 17.7 Å². The summed E-state index contributed by atoms with van der Waals surface area (Å²) in [4.78, 5) is 13.0. The molecule has 0 aromatic heterocycles. The second-order valence-corrected chi connectivity index (χ2v) is 9.68. The number of nitrogens with one attached hydrogen (secondary N) is 1. The maximum absolute atomic E-state index is 13.3. The molecule has 162 valence electrons. The molecule has 3 rings (SSSR count). The van der Waals surface area contributed by atoms with Gasteiger partial charge in [0.2, 0.25) is 5.91 Å². The smallest absolute Gasteiger partial charge is 0.264 e. The van der Waals surface area contributed by atoms with Crippen LogP contribution in [0.3, 0.4) is 0 Å². The number of hydrogen-bond acceptors (Lipinski definition) is 3.